The lowest BCUT2D eigenvalue weighted by Crippen LogP contribution is -2.11. The highest BCUT2D eigenvalue weighted by molar-refractivity contribution is 5.80. The van der Waals surface area contributed by atoms with Crippen LogP contribution in [0.4, 0.5) is 0 Å². The van der Waals surface area contributed by atoms with Crippen LogP contribution in [-0.4, -0.2) is 28.2 Å². The van der Waals surface area contributed by atoms with Gasteiger partial charge in [-0.15, -0.1) is 0 Å². The van der Waals surface area contributed by atoms with E-state index < -0.39 is 0 Å². The van der Waals surface area contributed by atoms with Crippen molar-refractivity contribution < 1.29 is 14.3 Å². The third-order valence-electron chi connectivity index (χ3n) is 2.84. The highest BCUT2D eigenvalue weighted by Crippen LogP contribution is 2.23. The number of rotatable bonds is 6. The van der Waals surface area contributed by atoms with E-state index in [1.54, 1.807) is 30.0 Å². The molecule has 0 N–H and O–H groups in total. The normalized spacial score (nSPS) is 10.6. The second kappa shape index (κ2) is 6.18. The molecular formula is C14H17N3O3. The third-order valence-corrected chi connectivity index (χ3v) is 2.84. The predicted octanol–water partition coefficient (Wildman–Crippen LogP) is 2.26. The van der Waals surface area contributed by atoms with Crippen molar-refractivity contribution in [3.05, 3.63) is 35.9 Å². The first-order chi connectivity index (χ1) is 9.65. The van der Waals surface area contributed by atoms with Crippen molar-refractivity contribution in [1.29, 1.82) is 0 Å². The Bertz CT molecular complexity index is 593. The van der Waals surface area contributed by atoms with Gasteiger partial charge in [-0.05, 0) is 32.0 Å². The number of hydrogen-bond donors (Lipinski definition) is 0. The van der Waals surface area contributed by atoms with Crippen LogP contribution in [-0.2, 0) is 6.61 Å². The maximum Gasteiger partial charge on any atom is 0.165 e. The van der Waals surface area contributed by atoms with E-state index in [0.717, 1.165) is 6.29 Å². The summed E-state index contributed by atoms with van der Waals surface area (Å²) in [6, 6.07) is 5.29. The SMILES string of the molecule is COc1ccc(OCc2ncnn2C(C)C)c(C=O)c1. The molecule has 1 aromatic carbocycles. The summed E-state index contributed by atoms with van der Waals surface area (Å²) >= 11 is 0. The molecule has 106 valence electrons. The molecule has 0 aliphatic carbocycles. The fraction of sp³-hybridized carbons (Fsp3) is 0.357. The maximum atomic E-state index is 11.1. The van der Waals surface area contributed by atoms with Crippen LogP contribution in [0.3, 0.4) is 0 Å². The summed E-state index contributed by atoms with van der Waals surface area (Å²) in [4.78, 5) is 15.2. The Morgan fingerprint density at radius 3 is 2.85 bits per heavy atom. The number of aldehydes is 1. The molecular weight excluding hydrogens is 258 g/mol. The number of carbonyl (C=O) groups excluding carboxylic acids is 1. The molecule has 6 heteroatoms. The lowest BCUT2D eigenvalue weighted by Gasteiger charge is -2.12. The second-order valence-corrected chi connectivity index (χ2v) is 4.52. The third kappa shape index (κ3) is 2.96. The molecule has 0 radical (unpaired) electrons. The van der Waals surface area contributed by atoms with Gasteiger partial charge in [0.1, 0.15) is 24.4 Å². The van der Waals surface area contributed by atoms with Gasteiger partial charge in [0.25, 0.3) is 0 Å². The first-order valence-corrected chi connectivity index (χ1v) is 6.30. The van der Waals surface area contributed by atoms with E-state index in [1.807, 2.05) is 13.8 Å². The van der Waals surface area contributed by atoms with E-state index in [4.69, 9.17) is 9.47 Å². The van der Waals surface area contributed by atoms with Crippen molar-refractivity contribution in [2.75, 3.05) is 7.11 Å². The van der Waals surface area contributed by atoms with Gasteiger partial charge in [0.2, 0.25) is 0 Å². The van der Waals surface area contributed by atoms with Gasteiger partial charge in [-0.2, -0.15) is 5.10 Å². The van der Waals surface area contributed by atoms with Gasteiger partial charge in [0, 0.05) is 6.04 Å². The Kier molecular flexibility index (Phi) is 4.34. The van der Waals surface area contributed by atoms with Gasteiger partial charge >= 0.3 is 0 Å². The van der Waals surface area contributed by atoms with Gasteiger partial charge < -0.3 is 9.47 Å². The summed E-state index contributed by atoms with van der Waals surface area (Å²) in [5, 5.41) is 4.13. The monoisotopic (exact) mass is 275 g/mol. The minimum absolute atomic E-state index is 0.206. The van der Waals surface area contributed by atoms with E-state index >= 15 is 0 Å². The molecule has 0 unspecified atom stereocenters. The van der Waals surface area contributed by atoms with Crippen molar-refractivity contribution in [3.8, 4) is 11.5 Å². The maximum absolute atomic E-state index is 11.1. The van der Waals surface area contributed by atoms with Gasteiger partial charge in [0.05, 0.1) is 12.7 Å². The zero-order valence-electron chi connectivity index (χ0n) is 11.7. The van der Waals surface area contributed by atoms with Gasteiger partial charge in [0.15, 0.2) is 12.1 Å². The summed E-state index contributed by atoms with van der Waals surface area (Å²) in [5.74, 6) is 1.83. The molecule has 0 saturated carbocycles. The van der Waals surface area contributed by atoms with E-state index in [0.29, 0.717) is 22.9 Å². The molecule has 20 heavy (non-hydrogen) atoms. The quantitative estimate of drug-likeness (QED) is 0.756. The molecule has 0 saturated heterocycles. The lowest BCUT2D eigenvalue weighted by atomic mass is 10.2. The van der Waals surface area contributed by atoms with E-state index in [1.165, 1.54) is 6.33 Å². The van der Waals surface area contributed by atoms with Crippen LogP contribution < -0.4 is 9.47 Å². The van der Waals surface area contributed by atoms with Crippen LogP contribution >= 0.6 is 0 Å². The zero-order chi connectivity index (χ0) is 14.5. The van der Waals surface area contributed by atoms with Crippen molar-refractivity contribution in [1.82, 2.24) is 14.8 Å². The number of ether oxygens (including phenoxy) is 2. The number of aromatic nitrogens is 3. The lowest BCUT2D eigenvalue weighted by molar-refractivity contribution is 0.111. The molecule has 0 atom stereocenters. The van der Waals surface area contributed by atoms with Crippen LogP contribution in [0.15, 0.2) is 24.5 Å². The minimum Gasteiger partial charge on any atom is -0.497 e. The number of benzene rings is 1. The van der Waals surface area contributed by atoms with Crippen molar-refractivity contribution >= 4 is 6.29 Å². The van der Waals surface area contributed by atoms with Crippen LogP contribution in [0.25, 0.3) is 0 Å². The van der Waals surface area contributed by atoms with Crippen LogP contribution in [0.1, 0.15) is 36.1 Å². The highest BCUT2D eigenvalue weighted by atomic mass is 16.5. The first-order valence-electron chi connectivity index (χ1n) is 6.30. The summed E-state index contributed by atoms with van der Waals surface area (Å²) in [6.07, 6.45) is 2.23. The van der Waals surface area contributed by atoms with E-state index in [9.17, 15) is 4.79 Å². The van der Waals surface area contributed by atoms with Gasteiger partial charge in [-0.3, -0.25) is 4.79 Å². The number of carbonyl (C=O) groups is 1. The van der Waals surface area contributed by atoms with Gasteiger partial charge in [-0.1, -0.05) is 0 Å². The Balaban J connectivity index is 2.14. The van der Waals surface area contributed by atoms with Crippen LogP contribution in [0.5, 0.6) is 11.5 Å². The molecule has 0 bridgehead atoms. The first kappa shape index (κ1) is 14.0. The number of methoxy groups -OCH3 is 1. The molecule has 0 spiro atoms. The summed E-state index contributed by atoms with van der Waals surface area (Å²) in [6.45, 7) is 4.29. The molecule has 2 aromatic rings. The van der Waals surface area contributed by atoms with E-state index in [2.05, 4.69) is 10.1 Å². The molecule has 0 aliphatic heterocycles. The Labute approximate surface area is 117 Å². The summed E-state index contributed by atoms with van der Waals surface area (Å²) in [5.41, 5.74) is 0.444. The largest absolute Gasteiger partial charge is 0.497 e. The number of hydrogen-bond acceptors (Lipinski definition) is 5. The fourth-order valence-electron chi connectivity index (χ4n) is 1.83. The Morgan fingerprint density at radius 1 is 1.40 bits per heavy atom. The Hall–Kier alpha value is -2.37. The van der Waals surface area contributed by atoms with Crippen molar-refractivity contribution in [3.63, 3.8) is 0 Å². The Morgan fingerprint density at radius 2 is 2.20 bits per heavy atom. The molecule has 6 nitrogen and oxygen atoms in total. The summed E-state index contributed by atoms with van der Waals surface area (Å²) < 4.78 is 12.5. The summed E-state index contributed by atoms with van der Waals surface area (Å²) in [7, 11) is 1.55. The molecule has 0 aliphatic rings. The molecule has 1 heterocycles. The highest BCUT2D eigenvalue weighted by Gasteiger charge is 2.10. The average molecular weight is 275 g/mol. The number of nitrogens with zero attached hydrogens (tertiary/aromatic N) is 3. The van der Waals surface area contributed by atoms with Gasteiger partial charge in [-0.25, -0.2) is 9.67 Å². The molecule has 0 fully saturated rings. The zero-order valence-corrected chi connectivity index (χ0v) is 11.7. The van der Waals surface area contributed by atoms with E-state index in [-0.39, 0.29) is 12.6 Å². The van der Waals surface area contributed by atoms with Crippen molar-refractivity contribution in [2.45, 2.75) is 26.5 Å². The molecule has 0 amide bonds. The predicted molar refractivity (Wildman–Crippen MR) is 73.1 cm³/mol. The fourth-order valence-corrected chi connectivity index (χ4v) is 1.83. The smallest absolute Gasteiger partial charge is 0.165 e. The van der Waals surface area contributed by atoms with Crippen LogP contribution in [0, 0.1) is 0 Å². The average Bonchev–Trinajstić information content (AvgIpc) is 2.93. The van der Waals surface area contributed by atoms with Crippen LogP contribution in [0.2, 0.25) is 0 Å². The molecule has 1 aromatic heterocycles. The minimum atomic E-state index is 0.206. The van der Waals surface area contributed by atoms with Crippen molar-refractivity contribution in [2.24, 2.45) is 0 Å². The standard InChI is InChI=1S/C14H17N3O3/c1-10(2)17-14(15-9-16-17)8-20-13-5-4-12(19-3)6-11(13)7-18/h4-7,9-10H,8H2,1-3H3. The molecule has 2 rings (SSSR count). The second-order valence-electron chi connectivity index (χ2n) is 4.52. The topological polar surface area (TPSA) is 66.2 Å².